The van der Waals surface area contributed by atoms with E-state index < -0.39 is 5.69 Å². The third-order valence-electron chi connectivity index (χ3n) is 5.37. The summed E-state index contributed by atoms with van der Waals surface area (Å²) in [6.07, 6.45) is 0. The first-order chi connectivity index (χ1) is 14.7. The molecule has 0 aliphatic carbocycles. The molecule has 0 radical (unpaired) electrons. The van der Waals surface area contributed by atoms with Crippen LogP contribution in [0.2, 0.25) is 0 Å². The van der Waals surface area contributed by atoms with Crippen molar-refractivity contribution in [2.45, 2.75) is 40.3 Å². The quantitative estimate of drug-likeness (QED) is 0.493. The average Bonchev–Trinajstić information content (AvgIpc) is 3.30. The zero-order valence-electron chi connectivity index (χ0n) is 18.6. The van der Waals surface area contributed by atoms with Crippen LogP contribution in [0.3, 0.4) is 0 Å². The molecule has 3 aromatic heterocycles. The molecule has 0 spiro atoms. The minimum atomic E-state index is -0.415. The first kappa shape index (κ1) is 20.6. The molecular weight excluding hydrogens is 396 g/mol. The number of benzene rings is 1. The molecule has 9 nitrogen and oxygen atoms in total. The van der Waals surface area contributed by atoms with E-state index in [1.54, 1.807) is 18.8 Å². The maximum Gasteiger partial charge on any atom is 0.332 e. The summed E-state index contributed by atoms with van der Waals surface area (Å²) in [4.78, 5) is 31.2. The van der Waals surface area contributed by atoms with E-state index in [0.717, 1.165) is 17.0 Å². The van der Waals surface area contributed by atoms with Crippen LogP contribution in [0, 0.1) is 13.8 Å². The molecule has 0 unspecified atom stereocenters. The van der Waals surface area contributed by atoms with Crippen LogP contribution in [0.15, 0.2) is 39.9 Å². The third-order valence-corrected chi connectivity index (χ3v) is 5.37. The normalized spacial score (nSPS) is 11.6. The van der Waals surface area contributed by atoms with E-state index in [2.05, 4.69) is 10.1 Å². The molecule has 4 aromatic rings. The number of aromatic nitrogens is 6. The molecule has 0 atom stereocenters. The Kier molecular flexibility index (Phi) is 5.04. The monoisotopic (exact) mass is 422 g/mol. The second kappa shape index (κ2) is 7.57. The van der Waals surface area contributed by atoms with Gasteiger partial charge >= 0.3 is 5.69 Å². The number of hydrogen-bond acceptors (Lipinski definition) is 5. The fourth-order valence-electron chi connectivity index (χ4n) is 3.85. The Labute approximate surface area is 179 Å². The summed E-state index contributed by atoms with van der Waals surface area (Å²) in [7, 11) is 3.23. The lowest BCUT2D eigenvalue weighted by Crippen LogP contribution is -2.40. The van der Waals surface area contributed by atoms with Gasteiger partial charge in [0.15, 0.2) is 11.2 Å². The minimum Gasteiger partial charge on any atom is -0.497 e. The Hall–Kier alpha value is -3.62. The van der Waals surface area contributed by atoms with Gasteiger partial charge in [-0.25, -0.2) is 9.48 Å². The zero-order chi connectivity index (χ0) is 22.4. The number of rotatable bonds is 5. The lowest BCUT2D eigenvalue weighted by Gasteiger charge is -2.14. The van der Waals surface area contributed by atoms with Crippen molar-refractivity contribution in [3.63, 3.8) is 0 Å². The van der Waals surface area contributed by atoms with Gasteiger partial charge in [0.05, 0.1) is 19.3 Å². The van der Waals surface area contributed by atoms with Crippen LogP contribution in [-0.2, 0) is 13.6 Å². The Morgan fingerprint density at radius 3 is 2.32 bits per heavy atom. The van der Waals surface area contributed by atoms with Crippen molar-refractivity contribution in [3.05, 3.63) is 68.1 Å². The highest BCUT2D eigenvalue weighted by Gasteiger charge is 2.24. The van der Waals surface area contributed by atoms with Gasteiger partial charge in [-0.3, -0.25) is 18.5 Å². The number of hydrogen-bond donors (Lipinski definition) is 0. The average molecular weight is 422 g/mol. The van der Waals surface area contributed by atoms with Crippen LogP contribution in [0.5, 0.6) is 5.75 Å². The van der Waals surface area contributed by atoms with E-state index in [1.807, 2.05) is 62.6 Å². The smallest absolute Gasteiger partial charge is 0.332 e. The number of imidazole rings is 1. The molecular formula is C22H26N6O3. The van der Waals surface area contributed by atoms with Crippen molar-refractivity contribution in [2.75, 3.05) is 7.11 Å². The van der Waals surface area contributed by atoms with Crippen molar-refractivity contribution in [1.82, 2.24) is 28.5 Å². The van der Waals surface area contributed by atoms with Crippen molar-refractivity contribution in [1.29, 1.82) is 0 Å². The Morgan fingerprint density at radius 2 is 1.77 bits per heavy atom. The van der Waals surface area contributed by atoms with Crippen LogP contribution in [-0.4, -0.2) is 35.6 Å². The van der Waals surface area contributed by atoms with Crippen LogP contribution in [0.4, 0.5) is 0 Å². The van der Waals surface area contributed by atoms with Crippen molar-refractivity contribution in [3.8, 4) is 11.7 Å². The minimum absolute atomic E-state index is 0.0662. The third kappa shape index (κ3) is 3.35. The Balaban J connectivity index is 1.98. The van der Waals surface area contributed by atoms with E-state index in [9.17, 15) is 9.59 Å². The number of aryl methyl sites for hydroxylation is 3. The lowest BCUT2D eigenvalue weighted by molar-refractivity contribution is 0.414. The van der Waals surface area contributed by atoms with Crippen LogP contribution < -0.4 is 16.0 Å². The summed E-state index contributed by atoms with van der Waals surface area (Å²) in [6.45, 7) is 7.96. The van der Waals surface area contributed by atoms with Gasteiger partial charge in [-0.2, -0.15) is 10.1 Å². The molecule has 0 amide bonds. The molecule has 0 saturated heterocycles. The topological polar surface area (TPSA) is 88.9 Å². The summed E-state index contributed by atoms with van der Waals surface area (Å²) in [5.41, 5.74) is 2.52. The van der Waals surface area contributed by atoms with Gasteiger partial charge in [-0.05, 0) is 51.5 Å². The van der Waals surface area contributed by atoms with Gasteiger partial charge in [0.1, 0.15) is 5.75 Å². The molecule has 0 N–H and O–H groups in total. The standard InChI is InChI=1S/C22H26N6O3/c1-13(2)27-18-19(23-21(27)28-15(4)11-14(3)24-28)25(5)22(30)26(20(18)29)12-16-7-9-17(31-6)10-8-16/h7-11,13H,12H2,1-6H3. The summed E-state index contributed by atoms with van der Waals surface area (Å²) < 4.78 is 11.4. The van der Waals surface area contributed by atoms with Gasteiger partial charge < -0.3 is 4.74 Å². The van der Waals surface area contributed by atoms with Gasteiger partial charge in [0.2, 0.25) is 5.95 Å². The van der Waals surface area contributed by atoms with Crippen molar-refractivity contribution < 1.29 is 4.74 Å². The molecule has 3 heterocycles. The number of ether oxygens (including phenoxy) is 1. The summed E-state index contributed by atoms with van der Waals surface area (Å²) in [5, 5.41) is 4.53. The molecule has 1 aromatic carbocycles. The molecule has 0 fully saturated rings. The number of nitrogens with zero attached hydrogens (tertiary/aromatic N) is 6. The molecule has 31 heavy (non-hydrogen) atoms. The van der Waals surface area contributed by atoms with Crippen LogP contribution in [0.1, 0.15) is 36.8 Å². The molecule has 0 saturated carbocycles. The summed E-state index contributed by atoms with van der Waals surface area (Å²) in [5.74, 6) is 1.23. The van der Waals surface area contributed by atoms with E-state index >= 15 is 0 Å². The van der Waals surface area contributed by atoms with Gasteiger partial charge in [0.25, 0.3) is 5.56 Å². The summed E-state index contributed by atoms with van der Waals surface area (Å²) in [6, 6.07) is 9.19. The SMILES string of the molecule is COc1ccc(Cn2c(=O)c3c(nc(-n4nc(C)cc4C)n3C(C)C)n(C)c2=O)cc1. The van der Waals surface area contributed by atoms with Crippen LogP contribution >= 0.6 is 0 Å². The highest BCUT2D eigenvalue weighted by atomic mass is 16.5. The summed E-state index contributed by atoms with van der Waals surface area (Å²) >= 11 is 0. The van der Waals surface area contributed by atoms with Crippen molar-refractivity contribution >= 4 is 11.2 Å². The highest BCUT2D eigenvalue weighted by molar-refractivity contribution is 5.73. The van der Waals surface area contributed by atoms with Crippen molar-refractivity contribution in [2.24, 2.45) is 7.05 Å². The lowest BCUT2D eigenvalue weighted by atomic mass is 10.2. The first-order valence-corrected chi connectivity index (χ1v) is 10.1. The second-order valence-corrected chi connectivity index (χ2v) is 7.97. The first-order valence-electron chi connectivity index (χ1n) is 10.1. The molecule has 4 rings (SSSR count). The van der Waals surface area contributed by atoms with Gasteiger partial charge in [-0.1, -0.05) is 12.1 Å². The maximum atomic E-state index is 13.5. The Morgan fingerprint density at radius 1 is 1.10 bits per heavy atom. The second-order valence-electron chi connectivity index (χ2n) is 7.97. The van der Waals surface area contributed by atoms with Gasteiger partial charge in [0, 0.05) is 18.8 Å². The van der Waals surface area contributed by atoms with Gasteiger partial charge in [-0.15, -0.1) is 0 Å². The van der Waals surface area contributed by atoms with E-state index in [4.69, 9.17) is 4.74 Å². The number of methoxy groups -OCH3 is 1. The molecule has 9 heteroatoms. The fourth-order valence-corrected chi connectivity index (χ4v) is 3.85. The molecule has 0 bridgehead atoms. The van der Waals surface area contributed by atoms with E-state index in [0.29, 0.717) is 22.9 Å². The zero-order valence-corrected chi connectivity index (χ0v) is 18.6. The predicted molar refractivity (Wildman–Crippen MR) is 118 cm³/mol. The fraction of sp³-hybridized carbons (Fsp3) is 0.364. The maximum absolute atomic E-state index is 13.5. The number of fused-ring (bicyclic) bond motifs is 1. The molecule has 0 aliphatic heterocycles. The highest BCUT2D eigenvalue weighted by Crippen LogP contribution is 2.22. The van der Waals surface area contributed by atoms with E-state index in [-0.39, 0.29) is 18.1 Å². The van der Waals surface area contributed by atoms with E-state index in [1.165, 1.54) is 9.13 Å². The molecule has 162 valence electrons. The Bertz CT molecular complexity index is 1390. The largest absolute Gasteiger partial charge is 0.497 e. The predicted octanol–water partition coefficient (Wildman–Crippen LogP) is 2.34. The molecule has 0 aliphatic rings. The van der Waals surface area contributed by atoms with Crippen LogP contribution in [0.25, 0.3) is 17.1 Å².